The minimum absolute atomic E-state index is 0.467. The summed E-state index contributed by atoms with van der Waals surface area (Å²) in [6.45, 7) is 8.96. The number of rotatable bonds is 8. The topological polar surface area (TPSA) is 33.1 Å². The zero-order valence-electron chi connectivity index (χ0n) is 14.2. The lowest BCUT2D eigenvalue weighted by atomic mass is 9.85. The van der Waals surface area contributed by atoms with Gasteiger partial charge in [-0.3, -0.25) is 4.90 Å². The standard InChI is InChI=1S/C17H32N4/c1-15(2)11-18-13-17(7-5-6-8-17)14-20(3)12-16-19-9-10-21(16)4/h9-10,15,18H,5-8,11-14H2,1-4H3. The van der Waals surface area contributed by atoms with Crippen molar-refractivity contribution in [2.24, 2.45) is 18.4 Å². The molecule has 0 aliphatic heterocycles. The van der Waals surface area contributed by atoms with Gasteiger partial charge in [0.2, 0.25) is 0 Å². The van der Waals surface area contributed by atoms with Crippen LogP contribution in [0.25, 0.3) is 0 Å². The van der Waals surface area contributed by atoms with Gasteiger partial charge in [0, 0.05) is 32.5 Å². The van der Waals surface area contributed by atoms with Crippen molar-refractivity contribution in [3.63, 3.8) is 0 Å². The Bertz CT molecular complexity index is 418. The van der Waals surface area contributed by atoms with Crippen LogP contribution in [-0.4, -0.2) is 41.1 Å². The van der Waals surface area contributed by atoms with Gasteiger partial charge in [-0.2, -0.15) is 0 Å². The molecule has 1 aliphatic rings. The van der Waals surface area contributed by atoms with Gasteiger partial charge in [-0.15, -0.1) is 0 Å². The van der Waals surface area contributed by atoms with Crippen LogP contribution in [0.4, 0.5) is 0 Å². The largest absolute Gasteiger partial charge is 0.337 e. The second-order valence-electron chi connectivity index (χ2n) is 7.36. The predicted octanol–water partition coefficient (Wildman–Crippen LogP) is 2.66. The predicted molar refractivity (Wildman–Crippen MR) is 88.2 cm³/mol. The third-order valence-electron chi connectivity index (χ3n) is 4.65. The first-order chi connectivity index (χ1) is 10.0. The van der Waals surface area contributed by atoms with Crippen molar-refractivity contribution in [1.29, 1.82) is 0 Å². The highest BCUT2D eigenvalue weighted by atomic mass is 15.2. The average molecular weight is 292 g/mol. The first-order valence-corrected chi connectivity index (χ1v) is 8.36. The Morgan fingerprint density at radius 1 is 1.38 bits per heavy atom. The van der Waals surface area contributed by atoms with Crippen LogP contribution in [0, 0.1) is 11.3 Å². The van der Waals surface area contributed by atoms with Gasteiger partial charge in [0.1, 0.15) is 5.82 Å². The highest BCUT2D eigenvalue weighted by Gasteiger charge is 2.34. The first kappa shape index (κ1) is 16.5. The summed E-state index contributed by atoms with van der Waals surface area (Å²) in [5.41, 5.74) is 0.467. The summed E-state index contributed by atoms with van der Waals surface area (Å²) in [7, 11) is 4.31. The lowest BCUT2D eigenvalue weighted by Crippen LogP contribution is -2.42. The Morgan fingerprint density at radius 2 is 2.10 bits per heavy atom. The van der Waals surface area contributed by atoms with Gasteiger partial charge in [0.15, 0.2) is 0 Å². The molecule has 1 saturated carbocycles. The second kappa shape index (κ2) is 7.41. The molecule has 1 heterocycles. The number of aryl methyl sites for hydroxylation is 1. The van der Waals surface area contributed by atoms with Gasteiger partial charge in [-0.1, -0.05) is 26.7 Å². The molecule has 4 heteroatoms. The van der Waals surface area contributed by atoms with Crippen molar-refractivity contribution in [3.8, 4) is 0 Å². The van der Waals surface area contributed by atoms with E-state index in [-0.39, 0.29) is 0 Å². The molecule has 1 aliphatic carbocycles. The van der Waals surface area contributed by atoms with Crippen LogP contribution >= 0.6 is 0 Å². The highest BCUT2D eigenvalue weighted by Crippen LogP contribution is 2.38. The van der Waals surface area contributed by atoms with E-state index in [1.807, 2.05) is 12.4 Å². The van der Waals surface area contributed by atoms with Crippen molar-refractivity contribution in [1.82, 2.24) is 19.8 Å². The minimum Gasteiger partial charge on any atom is -0.337 e. The second-order valence-corrected chi connectivity index (χ2v) is 7.36. The number of nitrogens with zero attached hydrogens (tertiary/aromatic N) is 3. The van der Waals surface area contributed by atoms with Crippen LogP contribution in [0.5, 0.6) is 0 Å². The summed E-state index contributed by atoms with van der Waals surface area (Å²) in [5, 5.41) is 3.70. The van der Waals surface area contributed by atoms with E-state index in [1.165, 1.54) is 32.2 Å². The quantitative estimate of drug-likeness (QED) is 0.799. The molecule has 0 radical (unpaired) electrons. The molecule has 0 saturated heterocycles. The van der Waals surface area contributed by atoms with E-state index in [0.29, 0.717) is 5.41 Å². The van der Waals surface area contributed by atoms with Gasteiger partial charge in [-0.05, 0) is 37.8 Å². The van der Waals surface area contributed by atoms with E-state index in [2.05, 4.69) is 47.7 Å². The molecule has 0 amide bonds. The molecule has 21 heavy (non-hydrogen) atoms. The normalized spacial score (nSPS) is 18.0. The molecule has 0 aromatic carbocycles. The highest BCUT2D eigenvalue weighted by molar-refractivity contribution is 4.93. The summed E-state index contributed by atoms with van der Waals surface area (Å²) in [5.74, 6) is 1.88. The van der Waals surface area contributed by atoms with Gasteiger partial charge < -0.3 is 9.88 Å². The molecule has 1 aromatic rings. The molecular formula is C17H32N4. The molecule has 1 fully saturated rings. The number of hydrogen-bond donors (Lipinski definition) is 1. The fraction of sp³-hybridized carbons (Fsp3) is 0.824. The molecule has 0 bridgehead atoms. The monoisotopic (exact) mass is 292 g/mol. The van der Waals surface area contributed by atoms with E-state index in [0.717, 1.165) is 31.4 Å². The van der Waals surface area contributed by atoms with Crippen LogP contribution < -0.4 is 5.32 Å². The minimum atomic E-state index is 0.467. The maximum absolute atomic E-state index is 4.44. The van der Waals surface area contributed by atoms with Crippen molar-refractivity contribution >= 4 is 0 Å². The zero-order valence-corrected chi connectivity index (χ0v) is 14.2. The van der Waals surface area contributed by atoms with Crippen molar-refractivity contribution in [2.45, 2.75) is 46.1 Å². The molecule has 0 atom stereocenters. The maximum Gasteiger partial charge on any atom is 0.122 e. The zero-order chi connectivity index (χ0) is 15.3. The molecule has 120 valence electrons. The maximum atomic E-state index is 4.44. The Balaban J connectivity index is 1.88. The van der Waals surface area contributed by atoms with E-state index >= 15 is 0 Å². The fourth-order valence-corrected chi connectivity index (χ4v) is 3.56. The third-order valence-corrected chi connectivity index (χ3v) is 4.65. The lowest BCUT2D eigenvalue weighted by Gasteiger charge is -2.34. The molecule has 2 rings (SSSR count). The Hall–Kier alpha value is -0.870. The van der Waals surface area contributed by atoms with E-state index in [9.17, 15) is 0 Å². The van der Waals surface area contributed by atoms with Crippen LogP contribution in [-0.2, 0) is 13.6 Å². The lowest BCUT2D eigenvalue weighted by molar-refractivity contribution is 0.163. The summed E-state index contributed by atoms with van der Waals surface area (Å²) >= 11 is 0. The van der Waals surface area contributed by atoms with Crippen LogP contribution in [0.15, 0.2) is 12.4 Å². The van der Waals surface area contributed by atoms with Crippen molar-refractivity contribution in [2.75, 3.05) is 26.7 Å². The van der Waals surface area contributed by atoms with Gasteiger partial charge in [0.25, 0.3) is 0 Å². The molecule has 1 N–H and O–H groups in total. The molecule has 0 unspecified atom stereocenters. The molecule has 1 aromatic heterocycles. The van der Waals surface area contributed by atoms with E-state index < -0.39 is 0 Å². The molecule has 0 spiro atoms. The summed E-state index contributed by atoms with van der Waals surface area (Å²) in [6.07, 6.45) is 9.42. The van der Waals surface area contributed by atoms with Gasteiger partial charge in [0.05, 0.1) is 6.54 Å². The third kappa shape index (κ3) is 4.82. The Kier molecular flexibility index (Phi) is 5.82. The van der Waals surface area contributed by atoms with Crippen LogP contribution in [0.1, 0.15) is 45.4 Å². The van der Waals surface area contributed by atoms with Crippen molar-refractivity contribution < 1.29 is 0 Å². The fourth-order valence-electron chi connectivity index (χ4n) is 3.56. The van der Waals surface area contributed by atoms with Crippen LogP contribution in [0.3, 0.4) is 0 Å². The first-order valence-electron chi connectivity index (χ1n) is 8.36. The smallest absolute Gasteiger partial charge is 0.122 e. The van der Waals surface area contributed by atoms with E-state index in [1.54, 1.807) is 0 Å². The van der Waals surface area contributed by atoms with Gasteiger partial charge in [-0.25, -0.2) is 4.98 Å². The average Bonchev–Trinajstić information content (AvgIpc) is 3.00. The molecule has 4 nitrogen and oxygen atoms in total. The number of hydrogen-bond acceptors (Lipinski definition) is 3. The Labute approximate surface area is 129 Å². The van der Waals surface area contributed by atoms with Gasteiger partial charge >= 0.3 is 0 Å². The summed E-state index contributed by atoms with van der Waals surface area (Å²) in [4.78, 5) is 6.89. The number of nitrogens with one attached hydrogen (secondary N) is 1. The van der Waals surface area contributed by atoms with Crippen molar-refractivity contribution in [3.05, 3.63) is 18.2 Å². The number of imidazole rings is 1. The number of aromatic nitrogens is 2. The summed E-state index contributed by atoms with van der Waals surface area (Å²) in [6, 6.07) is 0. The van der Waals surface area contributed by atoms with E-state index in [4.69, 9.17) is 0 Å². The van der Waals surface area contributed by atoms with Crippen LogP contribution in [0.2, 0.25) is 0 Å². The Morgan fingerprint density at radius 3 is 2.67 bits per heavy atom. The SMILES string of the molecule is CC(C)CNCC1(CN(C)Cc2nccn2C)CCCC1. The summed E-state index contributed by atoms with van der Waals surface area (Å²) < 4.78 is 2.12. The molecular weight excluding hydrogens is 260 g/mol.